The van der Waals surface area contributed by atoms with E-state index in [9.17, 15) is 23.1 Å². The molecule has 5 rings (SSSR count). The van der Waals surface area contributed by atoms with E-state index >= 15 is 0 Å². The van der Waals surface area contributed by atoms with Crippen molar-refractivity contribution >= 4 is 45.8 Å². The third-order valence-corrected chi connectivity index (χ3v) is 6.78. The Kier molecular flexibility index (Phi) is 6.35. The number of benzene rings is 1. The van der Waals surface area contributed by atoms with Gasteiger partial charge in [0.2, 0.25) is 5.95 Å². The highest BCUT2D eigenvalue weighted by Gasteiger charge is 2.35. The lowest BCUT2D eigenvalue weighted by Gasteiger charge is -2.33. The summed E-state index contributed by atoms with van der Waals surface area (Å²) in [6.07, 6.45) is 1.84. The number of aromatic carboxylic acids is 1. The first kappa shape index (κ1) is 25.1. The number of nitrogens with one attached hydrogen (secondary N) is 1. The lowest BCUT2D eigenvalue weighted by molar-refractivity contribution is -0.0222. The Morgan fingerprint density at radius 3 is 2.62 bits per heavy atom. The van der Waals surface area contributed by atoms with Crippen molar-refractivity contribution in [3.63, 3.8) is 0 Å². The molecule has 0 saturated carbocycles. The number of anilines is 2. The molecule has 1 aromatic carbocycles. The van der Waals surface area contributed by atoms with Gasteiger partial charge in [-0.2, -0.15) is 0 Å². The smallest absolute Gasteiger partial charge is 0.356 e. The number of nitrogens with zero attached hydrogens (tertiary/aromatic N) is 5. The number of carboxylic acids is 1. The summed E-state index contributed by atoms with van der Waals surface area (Å²) in [7, 11) is 0. The van der Waals surface area contributed by atoms with E-state index in [1.54, 1.807) is 22.4 Å². The summed E-state index contributed by atoms with van der Waals surface area (Å²) in [6, 6.07) is 5.01. The van der Waals surface area contributed by atoms with Crippen molar-refractivity contribution in [1.82, 2.24) is 19.4 Å². The second-order valence-electron chi connectivity index (χ2n) is 9.13. The van der Waals surface area contributed by atoms with Crippen molar-refractivity contribution in [2.24, 2.45) is 0 Å². The van der Waals surface area contributed by atoms with E-state index in [1.807, 2.05) is 6.92 Å². The first-order valence-corrected chi connectivity index (χ1v) is 12.2. The van der Waals surface area contributed by atoms with E-state index < -0.39 is 23.8 Å². The summed E-state index contributed by atoms with van der Waals surface area (Å²) in [5.41, 5.74) is 2.05. The first-order valence-electron chi connectivity index (χ1n) is 11.9. The van der Waals surface area contributed by atoms with Crippen molar-refractivity contribution in [3.8, 4) is 0 Å². The molecule has 1 fully saturated rings. The number of alkyl halides is 2. The molecular weight excluding hydrogens is 509 g/mol. The zero-order valence-electron chi connectivity index (χ0n) is 20.1. The molecule has 12 heteroatoms. The average Bonchev–Trinajstić information content (AvgIpc) is 3.29. The van der Waals surface area contributed by atoms with Gasteiger partial charge in [-0.25, -0.2) is 32.9 Å². The van der Waals surface area contributed by atoms with E-state index in [1.165, 1.54) is 24.3 Å². The van der Waals surface area contributed by atoms with Crippen LogP contribution in [0.3, 0.4) is 0 Å². The molecule has 37 heavy (non-hydrogen) atoms. The molecule has 0 radical (unpaired) electrons. The number of fused-ring (bicyclic) bond motifs is 3. The molecule has 1 aliphatic heterocycles. The van der Waals surface area contributed by atoms with Crippen LogP contribution in [-0.2, 0) is 6.42 Å². The Bertz CT molecular complexity index is 1520. The quantitative estimate of drug-likeness (QED) is 0.306. The largest absolute Gasteiger partial charge is 0.476 e. The van der Waals surface area contributed by atoms with Gasteiger partial charge < -0.3 is 15.3 Å². The number of aryl methyl sites for hydroxylation is 1. The fourth-order valence-corrected chi connectivity index (χ4v) is 4.77. The number of carbonyl (C=O) groups is 1. The number of rotatable bonds is 6. The molecule has 0 bridgehead atoms. The summed E-state index contributed by atoms with van der Waals surface area (Å²) in [5.74, 6) is -4.06. The molecule has 2 N–H and O–H groups in total. The highest BCUT2D eigenvalue weighted by Crippen LogP contribution is 2.35. The maximum absolute atomic E-state index is 14.9. The van der Waals surface area contributed by atoms with Gasteiger partial charge in [0.25, 0.3) is 5.92 Å². The maximum atomic E-state index is 14.9. The molecule has 194 valence electrons. The van der Waals surface area contributed by atoms with Gasteiger partial charge in [-0.15, -0.1) is 0 Å². The summed E-state index contributed by atoms with van der Waals surface area (Å²) in [6.45, 7) is 3.91. The summed E-state index contributed by atoms with van der Waals surface area (Å²) >= 11 is 5.87. The van der Waals surface area contributed by atoms with E-state index in [-0.39, 0.29) is 42.5 Å². The number of piperidine rings is 1. The maximum Gasteiger partial charge on any atom is 0.356 e. The number of pyridine rings is 1. The minimum atomic E-state index is -2.73. The van der Waals surface area contributed by atoms with Gasteiger partial charge in [0, 0.05) is 43.1 Å². The number of hydrogen-bond acceptors (Lipinski definition) is 6. The Morgan fingerprint density at radius 2 is 1.95 bits per heavy atom. The second kappa shape index (κ2) is 9.37. The fourth-order valence-electron chi connectivity index (χ4n) is 4.62. The van der Waals surface area contributed by atoms with E-state index in [4.69, 9.17) is 16.6 Å². The van der Waals surface area contributed by atoms with Gasteiger partial charge in [0.1, 0.15) is 16.6 Å². The molecule has 1 aliphatic rings. The predicted molar refractivity (Wildman–Crippen MR) is 134 cm³/mol. The summed E-state index contributed by atoms with van der Waals surface area (Å²) in [5, 5.41) is 13.1. The molecule has 3 aromatic heterocycles. The predicted octanol–water partition coefficient (Wildman–Crippen LogP) is 5.74. The van der Waals surface area contributed by atoms with Crippen LogP contribution in [0.1, 0.15) is 54.5 Å². The average molecular weight is 533 g/mol. The Balaban J connectivity index is 1.66. The van der Waals surface area contributed by atoms with Crippen LogP contribution in [0.2, 0.25) is 5.15 Å². The molecule has 0 unspecified atom stereocenters. The second-order valence-corrected chi connectivity index (χ2v) is 9.51. The van der Waals surface area contributed by atoms with Crippen molar-refractivity contribution < 1.29 is 23.1 Å². The Morgan fingerprint density at radius 1 is 1.22 bits per heavy atom. The minimum absolute atomic E-state index is 0.0265. The van der Waals surface area contributed by atoms with Crippen LogP contribution < -0.4 is 10.2 Å². The number of imidazole rings is 1. The SMILES string of the molecule is CCc1cn2c(N3CCC(F)(F)CC3)nc3c([C@@H](C)Nc4ccc(Cl)nc4C(=O)O)cc(F)cc3c2n1. The normalized spacial score (nSPS) is 16.3. The van der Waals surface area contributed by atoms with E-state index in [0.29, 0.717) is 34.5 Å². The van der Waals surface area contributed by atoms with Crippen LogP contribution in [0.5, 0.6) is 0 Å². The van der Waals surface area contributed by atoms with Gasteiger partial charge in [-0.05, 0) is 37.6 Å². The van der Waals surface area contributed by atoms with E-state index in [0.717, 1.165) is 5.69 Å². The molecule has 0 aliphatic carbocycles. The molecule has 4 aromatic rings. The summed E-state index contributed by atoms with van der Waals surface area (Å²) in [4.78, 5) is 26.9. The zero-order valence-corrected chi connectivity index (χ0v) is 20.9. The van der Waals surface area contributed by atoms with Crippen LogP contribution in [0.25, 0.3) is 16.6 Å². The first-order chi connectivity index (χ1) is 17.6. The van der Waals surface area contributed by atoms with Gasteiger partial charge in [0.05, 0.1) is 22.9 Å². The van der Waals surface area contributed by atoms with Gasteiger partial charge in [-0.1, -0.05) is 18.5 Å². The highest BCUT2D eigenvalue weighted by atomic mass is 35.5. The molecular formula is C25H24ClF3N6O2. The molecule has 1 atom stereocenters. The van der Waals surface area contributed by atoms with Crippen molar-refractivity contribution in [3.05, 3.63) is 58.4 Å². The minimum Gasteiger partial charge on any atom is -0.476 e. The third kappa shape index (κ3) is 4.75. The van der Waals surface area contributed by atoms with E-state index in [2.05, 4.69) is 15.3 Å². The van der Waals surface area contributed by atoms with Gasteiger partial charge >= 0.3 is 5.97 Å². The monoisotopic (exact) mass is 532 g/mol. The third-order valence-electron chi connectivity index (χ3n) is 6.57. The van der Waals surface area contributed by atoms with Crippen molar-refractivity contribution in [1.29, 1.82) is 0 Å². The van der Waals surface area contributed by atoms with Gasteiger partial charge in [-0.3, -0.25) is 4.40 Å². The number of aromatic nitrogens is 4. The van der Waals surface area contributed by atoms with Crippen LogP contribution in [0.15, 0.2) is 30.5 Å². The number of carboxylic acid groups (broad SMARTS) is 1. The molecule has 0 spiro atoms. The molecule has 1 saturated heterocycles. The van der Waals surface area contributed by atoms with Crippen molar-refractivity contribution in [2.45, 2.75) is 45.1 Å². The topological polar surface area (TPSA) is 95.7 Å². The zero-order chi connectivity index (χ0) is 26.5. The fraction of sp³-hybridized carbons (Fsp3) is 0.360. The van der Waals surface area contributed by atoms with Gasteiger partial charge in [0.15, 0.2) is 5.69 Å². The Hall–Kier alpha value is -3.60. The highest BCUT2D eigenvalue weighted by molar-refractivity contribution is 6.29. The number of hydrogen-bond donors (Lipinski definition) is 2. The molecule has 4 heterocycles. The van der Waals surface area contributed by atoms with Crippen LogP contribution in [-0.4, -0.2) is 49.4 Å². The lowest BCUT2D eigenvalue weighted by Crippen LogP contribution is -2.40. The Labute approximate surface area is 215 Å². The molecule has 0 amide bonds. The molecule has 8 nitrogen and oxygen atoms in total. The van der Waals surface area contributed by atoms with Crippen molar-refractivity contribution in [2.75, 3.05) is 23.3 Å². The van der Waals surface area contributed by atoms with Crippen LogP contribution in [0, 0.1) is 5.82 Å². The lowest BCUT2D eigenvalue weighted by atomic mass is 10.0. The van der Waals surface area contributed by atoms with Crippen LogP contribution in [0.4, 0.5) is 24.8 Å². The number of halogens is 4. The van der Waals surface area contributed by atoms with Crippen LogP contribution >= 0.6 is 11.6 Å². The standard InChI is InChI=1S/C25H24ClF3N6O2/c1-3-15-12-35-22(31-15)17-11-14(27)10-16(13(2)30-18-4-5-19(26)32-21(18)23(36)37)20(17)33-24(35)34-8-6-25(28,29)7-9-34/h4-5,10-13,30H,3,6-9H2,1-2H3,(H,36,37)/t13-/m1/s1. The summed E-state index contributed by atoms with van der Waals surface area (Å²) < 4.78 is 44.4.